The Labute approximate surface area is 177 Å². The zero-order valence-corrected chi connectivity index (χ0v) is 16.8. The summed E-state index contributed by atoms with van der Waals surface area (Å²) in [6.07, 6.45) is 1.75. The Morgan fingerprint density at radius 3 is 2.57 bits per heavy atom. The number of halogens is 2. The van der Waals surface area contributed by atoms with E-state index in [1.807, 2.05) is 34.9 Å². The van der Waals surface area contributed by atoms with Crippen molar-refractivity contribution < 1.29 is 18.3 Å². The van der Waals surface area contributed by atoms with Crippen molar-refractivity contribution in [1.82, 2.24) is 20.1 Å². The summed E-state index contributed by atoms with van der Waals surface area (Å²) >= 11 is 1.28. The van der Waals surface area contributed by atoms with E-state index in [9.17, 15) is 13.6 Å². The molecule has 0 aliphatic heterocycles. The summed E-state index contributed by atoms with van der Waals surface area (Å²) in [6.45, 7) is 1.72. The molecule has 0 bridgehead atoms. The molecule has 0 aliphatic carbocycles. The van der Waals surface area contributed by atoms with Gasteiger partial charge in [-0.15, -0.1) is 16.8 Å². The Morgan fingerprint density at radius 2 is 1.90 bits per heavy atom. The molecule has 0 aliphatic rings. The smallest absolute Gasteiger partial charge is 0.387 e. The first-order valence-electron chi connectivity index (χ1n) is 9.09. The van der Waals surface area contributed by atoms with E-state index in [1.54, 1.807) is 18.2 Å². The van der Waals surface area contributed by atoms with Crippen molar-refractivity contribution in [2.75, 3.05) is 5.75 Å². The van der Waals surface area contributed by atoms with Gasteiger partial charge in [0.15, 0.2) is 11.0 Å². The van der Waals surface area contributed by atoms with E-state index < -0.39 is 6.61 Å². The maximum Gasteiger partial charge on any atom is 0.387 e. The van der Waals surface area contributed by atoms with E-state index in [0.717, 1.165) is 11.1 Å². The quantitative estimate of drug-likeness (QED) is 0.387. The minimum Gasteiger partial charge on any atom is -0.435 e. The number of nitrogens with one attached hydrogen (secondary N) is 1. The fourth-order valence-corrected chi connectivity index (χ4v) is 3.44. The highest BCUT2D eigenvalue weighted by Gasteiger charge is 2.14. The normalized spacial score (nSPS) is 10.8. The van der Waals surface area contributed by atoms with Crippen LogP contribution in [0.2, 0.25) is 0 Å². The third kappa shape index (κ3) is 5.90. The van der Waals surface area contributed by atoms with Crippen molar-refractivity contribution in [3.8, 4) is 17.1 Å². The van der Waals surface area contributed by atoms with Gasteiger partial charge in [0.2, 0.25) is 5.91 Å². The number of benzene rings is 2. The van der Waals surface area contributed by atoms with Crippen LogP contribution in [-0.4, -0.2) is 33.0 Å². The highest BCUT2D eigenvalue weighted by atomic mass is 32.2. The predicted molar refractivity (Wildman–Crippen MR) is 111 cm³/mol. The zero-order chi connectivity index (χ0) is 21.3. The maximum absolute atomic E-state index is 12.2. The number of hydrogen-bond donors (Lipinski definition) is 1. The molecule has 9 heteroatoms. The molecule has 1 heterocycles. The molecule has 1 N–H and O–H groups in total. The first kappa shape index (κ1) is 21.5. The molecule has 2 aromatic carbocycles. The third-order valence-electron chi connectivity index (χ3n) is 4.03. The molecule has 0 saturated carbocycles. The lowest BCUT2D eigenvalue weighted by Gasteiger charge is -2.09. The van der Waals surface area contributed by atoms with Crippen molar-refractivity contribution in [2.45, 2.75) is 24.9 Å². The largest absolute Gasteiger partial charge is 0.435 e. The van der Waals surface area contributed by atoms with Crippen LogP contribution < -0.4 is 10.1 Å². The number of ether oxygens (including phenoxy) is 1. The first-order chi connectivity index (χ1) is 14.6. The average Bonchev–Trinajstić information content (AvgIpc) is 3.15. The molecule has 0 unspecified atom stereocenters. The summed E-state index contributed by atoms with van der Waals surface area (Å²) in [4.78, 5) is 12.2. The van der Waals surface area contributed by atoms with Gasteiger partial charge in [0.25, 0.3) is 0 Å². The second kappa shape index (κ2) is 10.5. The predicted octanol–water partition coefficient (Wildman–Crippen LogP) is 4.14. The Kier molecular flexibility index (Phi) is 7.56. The topological polar surface area (TPSA) is 69.0 Å². The lowest BCUT2D eigenvalue weighted by atomic mass is 10.2. The van der Waals surface area contributed by atoms with Gasteiger partial charge >= 0.3 is 6.61 Å². The summed E-state index contributed by atoms with van der Waals surface area (Å²) in [6, 6.07) is 15.8. The highest BCUT2D eigenvalue weighted by Crippen LogP contribution is 2.24. The second-order valence-corrected chi connectivity index (χ2v) is 7.10. The van der Waals surface area contributed by atoms with Crippen LogP contribution in [0, 0.1) is 0 Å². The molecule has 1 amide bonds. The second-order valence-electron chi connectivity index (χ2n) is 6.16. The zero-order valence-electron chi connectivity index (χ0n) is 16.0. The Morgan fingerprint density at radius 1 is 1.17 bits per heavy atom. The monoisotopic (exact) mass is 430 g/mol. The van der Waals surface area contributed by atoms with E-state index >= 15 is 0 Å². The van der Waals surface area contributed by atoms with Gasteiger partial charge < -0.3 is 10.1 Å². The summed E-state index contributed by atoms with van der Waals surface area (Å²) in [5.74, 6) is 0.773. The number of hydrogen-bond acceptors (Lipinski definition) is 5. The SMILES string of the molecule is C=CCn1c(SCC(=O)NCc2ccc(OC(F)F)cc2)nnc1-c1ccccc1. The minimum absolute atomic E-state index is 0.0754. The number of rotatable bonds is 10. The van der Waals surface area contributed by atoms with Crippen LogP contribution in [0.25, 0.3) is 11.4 Å². The molecular formula is C21H20F2N4O2S. The first-order valence-corrected chi connectivity index (χ1v) is 10.1. The highest BCUT2D eigenvalue weighted by molar-refractivity contribution is 7.99. The molecule has 156 valence electrons. The van der Waals surface area contributed by atoms with Crippen LogP contribution in [0.4, 0.5) is 8.78 Å². The minimum atomic E-state index is -2.86. The molecule has 0 radical (unpaired) electrons. The van der Waals surface area contributed by atoms with Crippen LogP contribution in [-0.2, 0) is 17.9 Å². The van der Waals surface area contributed by atoms with Crippen LogP contribution in [0.15, 0.2) is 72.4 Å². The number of carbonyl (C=O) groups is 1. The molecule has 30 heavy (non-hydrogen) atoms. The van der Waals surface area contributed by atoms with Gasteiger partial charge in [-0.2, -0.15) is 8.78 Å². The van der Waals surface area contributed by atoms with Gasteiger partial charge in [0.05, 0.1) is 5.75 Å². The summed E-state index contributed by atoms with van der Waals surface area (Å²) < 4.78 is 30.6. The number of carbonyl (C=O) groups excluding carboxylic acids is 1. The van der Waals surface area contributed by atoms with E-state index in [-0.39, 0.29) is 24.0 Å². The van der Waals surface area contributed by atoms with E-state index in [2.05, 4.69) is 26.8 Å². The van der Waals surface area contributed by atoms with Crippen LogP contribution in [0.5, 0.6) is 5.75 Å². The van der Waals surface area contributed by atoms with Crippen molar-refractivity contribution in [2.24, 2.45) is 0 Å². The molecule has 1 aromatic heterocycles. The number of allylic oxidation sites excluding steroid dienone is 1. The molecule has 0 atom stereocenters. The van der Waals surface area contributed by atoms with Crippen molar-refractivity contribution in [1.29, 1.82) is 0 Å². The Balaban J connectivity index is 1.55. The Hall–Kier alpha value is -3.20. The fraction of sp³-hybridized carbons (Fsp3) is 0.190. The van der Waals surface area contributed by atoms with E-state index in [1.165, 1.54) is 23.9 Å². The van der Waals surface area contributed by atoms with Gasteiger partial charge in [-0.25, -0.2) is 0 Å². The lowest BCUT2D eigenvalue weighted by Crippen LogP contribution is -2.24. The molecule has 6 nitrogen and oxygen atoms in total. The number of alkyl halides is 2. The van der Waals surface area contributed by atoms with Gasteiger partial charge in [-0.05, 0) is 17.7 Å². The Bertz CT molecular complexity index is 978. The fourth-order valence-electron chi connectivity index (χ4n) is 2.66. The lowest BCUT2D eigenvalue weighted by molar-refractivity contribution is -0.118. The van der Waals surface area contributed by atoms with Crippen molar-refractivity contribution in [3.05, 3.63) is 72.8 Å². The van der Waals surface area contributed by atoms with Gasteiger partial charge in [0, 0.05) is 18.7 Å². The van der Waals surface area contributed by atoms with Gasteiger partial charge in [0.1, 0.15) is 5.75 Å². The van der Waals surface area contributed by atoms with Gasteiger partial charge in [-0.3, -0.25) is 9.36 Å². The standard InChI is InChI=1S/C21H20F2N4O2S/c1-2-12-27-19(16-6-4-3-5-7-16)25-26-21(27)30-14-18(28)24-13-15-8-10-17(11-9-15)29-20(22)23/h2-11,20H,1,12-14H2,(H,24,28). The van der Waals surface area contributed by atoms with E-state index in [0.29, 0.717) is 17.5 Å². The van der Waals surface area contributed by atoms with Gasteiger partial charge in [-0.1, -0.05) is 60.3 Å². The molecule has 0 saturated heterocycles. The number of amides is 1. The third-order valence-corrected chi connectivity index (χ3v) is 5.00. The maximum atomic E-state index is 12.2. The van der Waals surface area contributed by atoms with E-state index in [4.69, 9.17) is 0 Å². The van der Waals surface area contributed by atoms with Crippen LogP contribution in [0.3, 0.4) is 0 Å². The van der Waals surface area contributed by atoms with Crippen LogP contribution >= 0.6 is 11.8 Å². The summed E-state index contributed by atoms with van der Waals surface area (Å²) in [7, 11) is 0. The molecule has 0 fully saturated rings. The van der Waals surface area contributed by atoms with Crippen molar-refractivity contribution >= 4 is 17.7 Å². The molecule has 3 aromatic rings. The summed E-state index contributed by atoms with van der Waals surface area (Å²) in [5.41, 5.74) is 1.71. The molecule has 0 spiro atoms. The van der Waals surface area contributed by atoms with Crippen molar-refractivity contribution in [3.63, 3.8) is 0 Å². The summed E-state index contributed by atoms with van der Waals surface area (Å²) in [5, 5.41) is 11.9. The molecule has 3 rings (SSSR count). The number of thioether (sulfide) groups is 1. The average molecular weight is 430 g/mol. The van der Waals surface area contributed by atoms with Crippen LogP contribution in [0.1, 0.15) is 5.56 Å². The molecular weight excluding hydrogens is 410 g/mol. The number of nitrogens with zero attached hydrogens (tertiary/aromatic N) is 3. The number of aromatic nitrogens is 3.